The van der Waals surface area contributed by atoms with Gasteiger partial charge in [-0.3, -0.25) is 14.9 Å². The van der Waals surface area contributed by atoms with E-state index in [4.69, 9.17) is 4.74 Å². The van der Waals surface area contributed by atoms with E-state index in [1.54, 1.807) is 5.38 Å². The Balaban J connectivity index is 1.81. The molecular formula is C21H15FN2O5S. The molecule has 30 heavy (non-hydrogen) atoms. The van der Waals surface area contributed by atoms with Crippen LogP contribution in [0.3, 0.4) is 0 Å². The number of non-ortho nitro benzene ring substituents is 1. The summed E-state index contributed by atoms with van der Waals surface area (Å²) in [7, 11) is 1.23. The number of anilines is 1. The van der Waals surface area contributed by atoms with Gasteiger partial charge in [-0.05, 0) is 41.5 Å². The summed E-state index contributed by atoms with van der Waals surface area (Å²) in [5.41, 5.74) is 1.84. The highest BCUT2D eigenvalue weighted by molar-refractivity contribution is 7.15. The molecule has 0 aliphatic rings. The van der Waals surface area contributed by atoms with Crippen molar-refractivity contribution in [3.05, 3.63) is 87.0 Å². The Kier molecular flexibility index (Phi) is 6.33. The monoisotopic (exact) mass is 426 g/mol. The first-order valence-electron chi connectivity index (χ1n) is 8.58. The van der Waals surface area contributed by atoms with E-state index >= 15 is 0 Å². The number of hydrogen-bond donors (Lipinski definition) is 1. The second kappa shape index (κ2) is 9.10. The number of esters is 1. The standard InChI is InChI=1S/C21H15FN2O5S/c1-29-21(26)19-17(14-5-7-15(22)8-6-14)12-30-20(19)23-18(25)11-4-13-2-9-16(10-3-13)24(27)28/h2-12H,1H3,(H,23,25)/b11-4+. The van der Waals surface area contributed by atoms with Gasteiger partial charge in [0.15, 0.2) is 0 Å². The van der Waals surface area contributed by atoms with Crippen molar-refractivity contribution in [3.63, 3.8) is 0 Å². The molecule has 1 heterocycles. The smallest absolute Gasteiger partial charge is 0.341 e. The Morgan fingerprint density at radius 1 is 1.13 bits per heavy atom. The van der Waals surface area contributed by atoms with Gasteiger partial charge >= 0.3 is 5.97 Å². The van der Waals surface area contributed by atoms with Crippen LogP contribution in [0.2, 0.25) is 0 Å². The van der Waals surface area contributed by atoms with Gasteiger partial charge in [0.05, 0.1) is 12.0 Å². The first-order chi connectivity index (χ1) is 14.4. The first-order valence-corrected chi connectivity index (χ1v) is 9.46. The molecule has 1 aromatic heterocycles. The maximum Gasteiger partial charge on any atom is 0.341 e. The summed E-state index contributed by atoms with van der Waals surface area (Å²) in [6.45, 7) is 0. The summed E-state index contributed by atoms with van der Waals surface area (Å²) in [5, 5.41) is 15.3. The normalized spacial score (nSPS) is 10.7. The van der Waals surface area contributed by atoms with E-state index in [1.165, 1.54) is 67.8 Å². The zero-order valence-electron chi connectivity index (χ0n) is 15.6. The summed E-state index contributed by atoms with van der Waals surface area (Å²) in [6, 6.07) is 11.3. The van der Waals surface area contributed by atoms with Crippen LogP contribution in [0.5, 0.6) is 0 Å². The number of nitrogens with one attached hydrogen (secondary N) is 1. The maximum absolute atomic E-state index is 13.2. The molecule has 0 fully saturated rings. The lowest BCUT2D eigenvalue weighted by Gasteiger charge is -2.06. The lowest BCUT2D eigenvalue weighted by Crippen LogP contribution is -2.11. The topological polar surface area (TPSA) is 98.5 Å². The molecule has 1 N–H and O–H groups in total. The maximum atomic E-state index is 13.2. The number of benzene rings is 2. The van der Waals surface area contributed by atoms with Crippen LogP contribution in [0.15, 0.2) is 60.0 Å². The zero-order valence-corrected chi connectivity index (χ0v) is 16.4. The van der Waals surface area contributed by atoms with Crippen LogP contribution in [0.1, 0.15) is 15.9 Å². The van der Waals surface area contributed by atoms with Crippen LogP contribution in [-0.4, -0.2) is 23.9 Å². The number of halogens is 1. The van der Waals surface area contributed by atoms with E-state index in [-0.39, 0.29) is 11.3 Å². The minimum absolute atomic E-state index is 0.0498. The predicted octanol–water partition coefficient (Wildman–Crippen LogP) is 4.90. The lowest BCUT2D eigenvalue weighted by molar-refractivity contribution is -0.384. The predicted molar refractivity (Wildman–Crippen MR) is 112 cm³/mol. The van der Waals surface area contributed by atoms with Gasteiger partial charge in [-0.15, -0.1) is 11.3 Å². The summed E-state index contributed by atoms with van der Waals surface area (Å²) < 4.78 is 18.0. The van der Waals surface area contributed by atoms with Crippen LogP contribution in [-0.2, 0) is 9.53 Å². The summed E-state index contributed by atoms with van der Waals surface area (Å²) in [6.07, 6.45) is 2.74. The summed E-state index contributed by atoms with van der Waals surface area (Å²) in [4.78, 5) is 34.8. The van der Waals surface area contributed by atoms with Gasteiger partial charge in [-0.1, -0.05) is 12.1 Å². The molecule has 7 nitrogen and oxygen atoms in total. The second-order valence-electron chi connectivity index (χ2n) is 6.02. The van der Waals surface area contributed by atoms with Gasteiger partial charge in [0.1, 0.15) is 16.4 Å². The van der Waals surface area contributed by atoms with Gasteiger partial charge in [0, 0.05) is 29.2 Å². The van der Waals surface area contributed by atoms with Crippen molar-refractivity contribution in [2.75, 3.05) is 12.4 Å². The molecule has 2 aromatic carbocycles. The molecule has 0 bridgehead atoms. The highest BCUT2D eigenvalue weighted by Gasteiger charge is 2.22. The van der Waals surface area contributed by atoms with Crippen molar-refractivity contribution >= 4 is 40.0 Å². The molecule has 0 aliphatic carbocycles. The molecule has 0 aliphatic heterocycles. The van der Waals surface area contributed by atoms with Crippen molar-refractivity contribution in [1.82, 2.24) is 0 Å². The third kappa shape index (κ3) is 4.76. The lowest BCUT2D eigenvalue weighted by atomic mass is 10.0. The van der Waals surface area contributed by atoms with Crippen molar-refractivity contribution in [2.45, 2.75) is 0 Å². The fourth-order valence-electron chi connectivity index (χ4n) is 2.63. The molecule has 0 atom stereocenters. The van der Waals surface area contributed by atoms with Crippen LogP contribution >= 0.6 is 11.3 Å². The highest BCUT2D eigenvalue weighted by atomic mass is 32.1. The van der Waals surface area contributed by atoms with E-state index in [0.29, 0.717) is 21.7 Å². The Hall–Kier alpha value is -3.85. The van der Waals surface area contributed by atoms with Crippen LogP contribution < -0.4 is 5.32 Å². The Morgan fingerprint density at radius 3 is 2.40 bits per heavy atom. The van der Waals surface area contributed by atoms with E-state index in [9.17, 15) is 24.1 Å². The van der Waals surface area contributed by atoms with E-state index < -0.39 is 22.6 Å². The number of ether oxygens (including phenoxy) is 1. The molecule has 3 rings (SSSR count). The molecule has 3 aromatic rings. The van der Waals surface area contributed by atoms with Crippen molar-refractivity contribution in [3.8, 4) is 11.1 Å². The van der Waals surface area contributed by atoms with E-state index in [1.807, 2.05) is 0 Å². The molecule has 9 heteroatoms. The van der Waals surface area contributed by atoms with Gasteiger partial charge in [-0.2, -0.15) is 0 Å². The third-order valence-corrected chi connectivity index (χ3v) is 5.00. The minimum atomic E-state index is -0.634. The summed E-state index contributed by atoms with van der Waals surface area (Å²) >= 11 is 1.14. The quantitative estimate of drug-likeness (QED) is 0.262. The number of thiophene rings is 1. The molecule has 0 unspecified atom stereocenters. The van der Waals surface area contributed by atoms with Crippen molar-refractivity contribution < 1.29 is 23.6 Å². The fraction of sp³-hybridized carbons (Fsp3) is 0.0476. The van der Waals surface area contributed by atoms with Gasteiger partial charge in [0.25, 0.3) is 5.69 Å². The minimum Gasteiger partial charge on any atom is -0.465 e. The number of nitro benzene ring substituents is 1. The average molecular weight is 426 g/mol. The number of hydrogen-bond acceptors (Lipinski definition) is 6. The highest BCUT2D eigenvalue weighted by Crippen LogP contribution is 2.36. The average Bonchev–Trinajstić information content (AvgIpc) is 3.15. The number of nitrogens with zero attached hydrogens (tertiary/aromatic N) is 1. The molecule has 0 spiro atoms. The number of methoxy groups -OCH3 is 1. The van der Waals surface area contributed by atoms with E-state index in [0.717, 1.165) is 11.3 Å². The Bertz CT molecular complexity index is 1120. The Labute approximate surface area is 174 Å². The molecule has 0 radical (unpaired) electrons. The Morgan fingerprint density at radius 2 is 1.80 bits per heavy atom. The largest absolute Gasteiger partial charge is 0.465 e. The first kappa shape index (κ1) is 20.9. The molecule has 0 saturated heterocycles. The van der Waals surface area contributed by atoms with Gasteiger partial charge in [-0.25, -0.2) is 9.18 Å². The number of nitro groups is 1. The molecule has 0 saturated carbocycles. The van der Waals surface area contributed by atoms with Crippen molar-refractivity contribution in [2.24, 2.45) is 0 Å². The van der Waals surface area contributed by atoms with Crippen LogP contribution in [0.4, 0.5) is 15.1 Å². The SMILES string of the molecule is COC(=O)c1c(-c2ccc(F)cc2)csc1NC(=O)/C=C/c1ccc([N+](=O)[O-])cc1. The second-order valence-corrected chi connectivity index (χ2v) is 6.90. The molecule has 1 amide bonds. The van der Waals surface area contributed by atoms with Crippen LogP contribution in [0, 0.1) is 15.9 Å². The number of carbonyl (C=O) groups excluding carboxylic acids is 2. The third-order valence-electron chi connectivity index (χ3n) is 4.10. The van der Waals surface area contributed by atoms with E-state index in [2.05, 4.69) is 5.32 Å². The summed E-state index contributed by atoms with van der Waals surface area (Å²) in [5.74, 6) is -1.53. The van der Waals surface area contributed by atoms with Gasteiger partial charge < -0.3 is 10.1 Å². The number of carbonyl (C=O) groups is 2. The van der Waals surface area contributed by atoms with Crippen LogP contribution in [0.25, 0.3) is 17.2 Å². The molecule has 152 valence electrons. The van der Waals surface area contributed by atoms with Crippen molar-refractivity contribution in [1.29, 1.82) is 0 Å². The van der Waals surface area contributed by atoms with Gasteiger partial charge in [0.2, 0.25) is 5.91 Å². The number of rotatable bonds is 6. The number of amides is 1. The fourth-order valence-corrected chi connectivity index (χ4v) is 3.59. The molecular weight excluding hydrogens is 411 g/mol. The zero-order chi connectivity index (χ0) is 21.7.